The lowest BCUT2D eigenvalue weighted by molar-refractivity contribution is -0.137. The van der Waals surface area contributed by atoms with E-state index in [0.29, 0.717) is 5.56 Å². The van der Waals surface area contributed by atoms with Crippen molar-refractivity contribution >= 4 is 5.91 Å². The van der Waals surface area contributed by atoms with E-state index in [0.717, 1.165) is 35.4 Å². The molecule has 3 nitrogen and oxygen atoms in total. The van der Waals surface area contributed by atoms with Gasteiger partial charge in [0, 0.05) is 5.56 Å². The van der Waals surface area contributed by atoms with Gasteiger partial charge in [-0.15, -0.1) is 0 Å². The van der Waals surface area contributed by atoms with E-state index in [2.05, 4.69) is 5.32 Å². The minimum atomic E-state index is -4.45. The van der Waals surface area contributed by atoms with Gasteiger partial charge in [0.15, 0.2) is 0 Å². The van der Waals surface area contributed by atoms with Crippen molar-refractivity contribution in [2.45, 2.75) is 18.7 Å². The summed E-state index contributed by atoms with van der Waals surface area (Å²) in [7, 11) is 0. The highest BCUT2D eigenvalue weighted by molar-refractivity contribution is 5.94. The second kappa shape index (κ2) is 8.09. The van der Waals surface area contributed by atoms with Crippen molar-refractivity contribution in [2.24, 2.45) is 0 Å². The van der Waals surface area contributed by atoms with Crippen molar-refractivity contribution in [3.63, 3.8) is 0 Å². The van der Waals surface area contributed by atoms with Gasteiger partial charge in [-0.1, -0.05) is 54.6 Å². The number of carbonyl (C=O) groups excluding carboxylic acids is 1. The van der Waals surface area contributed by atoms with Gasteiger partial charge in [0.25, 0.3) is 5.91 Å². The SMILES string of the molecule is CC(O)(CNC(=O)c1ccc(C(F)(F)F)cc1)c1ccc(-c2ccccc2)cc1. The third kappa shape index (κ3) is 5.03. The largest absolute Gasteiger partial charge is 0.416 e. The highest BCUT2D eigenvalue weighted by atomic mass is 19.4. The molecule has 1 unspecified atom stereocenters. The van der Waals surface area contributed by atoms with Gasteiger partial charge in [-0.05, 0) is 47.9 Å². The summed E-state index contributed by atoms with van der Waals surface area (Å²) in [6.07, 6.45) is -4.45. The Kier molecular flexibility index (Phi) is 5.75. The summed E-state index contributed by atoms with van der Waals surface area (Å²) in [5, 5.41) is 13.3. The molecule has 0 fully saturated rings. The molecule has 0 aromatic heterocycles. The molecule has 3 rings (SSSR count). The summed E-state index contributed by atoms with van der Waals surface area (Å²) < 4.78 is 37.8. The minimum absolute atomic E-state index is 0.0858. The van der Waals surface area contributed by atoms with Gasteiger partial charge in [0.05, 0.1) is 12.1 Å². The lowest BCUT2D eigenvalue weighted by Crippen LogP contribution is -2.38. The zero-order valence-corrected chi connectivity index (χ0v) is 15.7. The van der Waals surface area contributed by atoms with Crippen molar-refractivity contribution < 1.29 is 23.1 Å². The molecule has 0 saturated heterocycles. The number of aliphatic hydroxyl groups is 1. The number of amides is 1. The van der Waals surface area contributed by atoms with E-state index in [4.69, 9.17) is 0 Å². The van der Waals surface area contributed by atoms with E-state index in [9.17, 15) is 23.1 Å². The number of carbonyl (C=O) groups is 1. The summed E-state index contributed by atoms with van der Waals surface area (Å²) >= 11 is 0. The molecule has 0 bridgehead atoms. The van der Waals surface area contributed by atoms with Crippen LogP contribution < -0.4 is 5.32 Å². The van der Waals surface area contributed by atoms with Gasteiger partial charge in [0.2, 0.25) is 0 Å². The van der Waals surface area contributed by atoms with Gasteiger partial charge in [-0.3, -0.25) is 4.79 Å². The zero-order chi connectivity index (χ0) is 21.1. The maximum Gasteiger partial charge on any atom is 0.416 e. The van der Waals surface area contributed by atoms with Crippen molar-refractivity contribution in [3.05, 3.63) is 95.6 Å². The van der Waals surface area contributed by atoms with E-state index >= 15 is 0 Å². The monoisotopic (exact) mass is 399 g/mol. The second-order valence-corrected chi connectivity index (χ2v) is 6.98. The Morgan fingerprint density at radius 2 is 1.34 bits per heavy atom. The van der Waals surface area contributed by atoms with Crippen LogP contribution >= 0.6 is 0 Å². The predicted octanol–water partition coefficient (Wildman–Crippen LogP) is 5.01. The van der Waals surface area contributed by atoms with Crippen molar-refractivity contribution in [2.75, 3.05) is 6.54 Å². The van der Waals surface area contributed by atoms with Crippen LogP contribution in [-0.4, -0.2) is 17.6 Å². The average molecular weight is 399 g/mol. The highest BCUT2D eigenvalue weighted by Gasteiger charge is 2.30. The number of hydrogen-bond acceptors (Lipinski definition) is 2. The van der Waals surface area contributed by atoms with Gasteiger partial charge < -0.3 is 10.4 Å². The maximum absolute atomic E-state index is 12.6. The van der Waals surface area contributed by atoms with Crippen LogP contribution in [0.3, 0.4) is 0 Å². The molecule has 150 valence electrons. The van der Waals surface area contributed by atoms with E-state index in [1.807, 2.05) is 42.5 Å². The Morgan fingerprint density at radius 1 is 0.828 bits per heavy atom. The molecule has 29 heavy (non-hydrogen) atoms. The van der Waals surface area contributed by atoms with Crippen LogP contribution in [0, 0.1) is 0 Å². The van der Waals surface area contributed by atoms with Gasteiger partial charge in [0.1, 0.15) is 5.60 Å². The fourth-order valence-corrected chi connectivity index (χ4v) is 2.92. The number of halogens is 3. The van der Waals surface area contributed by atoms with Crippen LogP contribution in [0.5, 0.6) is 0 Å². The van der Waals surface area contributed by atoms with Crippen LogP contribution in [-0.2, 0) is 11.8 Å². The highest BCUT2D eigenvalue weighted by Crippen LogP contribution is 2.29. The lowest BCUT2D eigenvalue weighted by atomic mass is 9.93. The molecule has 0 heterocycles. The number of benzene rings is 3. The lowest BCUT2D eigenvalue weighted by Gasteiger charge is -2.24. The molecule has 1 atom stereocenters. The van der Waals surface area contributed by atoms with Crippen molar-refractivity contribution in [1.82, 2.24) is 5.32 Å². The number of alkyl halides is 3. The van der Waals surface area contributed by atoms with Crippen LogP contribution in [0.1, 0.15) is 28.4 Å². The first-order valence-corrected chi connectivity index (χ1v) is 9.01. The number of nitrogens with one attached hydrogen (secondary N) is 1. The summed E-state index contributed by atoms with van der Waals surface area (Å²) in [6, 6.07) is 21.1. The molecule has 0 aliphatic rings. The van der Waals surface area contributed by atoms with Crippen LogP contribution in [0.25, 0.3) is 11.1 Å². The fourth-order valence-electron chi connectivity index (χ4n) is 2.92. The summed E-state index contributed by atoms with van der Waals surface area (Å²) in [6.45, 7) is 1.48. The molecule has 3 aromatic rings. The zero-order valence-electron chi connectivity index (χ0n) is 15.7. The molecule has 0 spiro atoms. The van der Waals surface area contributed by atoms with Gasteiger partial charge in [-0.2, -0.15) is 13.2 Å². The molecule has 2 N–H and O–H groups in total. The molecule has 0 saturated carbocycles. The first-order valence-electron chi connectivity index (χ1n) is 9.01. The normalized spacial score (nSPS) is 13.6. The molecule has 6 heteroatoms. The van der Waals surface area contributed by atoms with Crippen molar-refractivity contribution in [3.8, 4) is 11.1 Å². The second-order valence-electron chi connectivity index (χ2n) is 6.98. The number of hydrogen-bond donors (Lipinski definition) is 2. The van der Waals surface area contributed by atoms with Crippen molar-refractivity contribution in [1.29, 1.82) is 0 Å². The first kappa shape index (κ1) is 20.6. The molecule has 3 aromatic carbocycles. The third-order valence-electron chi connectivity index (χ3n) is 4.68. The Labute approximate surface area is 166 Å². The molecule has 0 radical (unpaired) electrons. The molecular formula is C23H20F3NO2. The van der Waals surface area contributed by atoms with Crippen LogP contribution in [0.4, 0.5) is 13.2 Å². The standard InChI is InChI=1S/C23H20F3NO2/c1-22(29,19-11-7-17(8-12-19)16-5-3-2-4-6-16)15-27-21(28)18-9-13-20(14-10-18)23(24,25)26/h2-14,29H,15H2,1H3,(H,27,28). The molecular weight excluding hydrogens is 379 g/mol. The van der Waals surface area contributed by atoms with E-state index in [1.165, 1.54) is 0 Å². The number of rotatable bonds is 5. The predicted molar refractivity (Wildman–Crippen MR) is 105 cm³/mol. The Bertz CT molecular complexity index is 964. The van der Waals surface area contributed by atoms with Gasteiger partial charge >= 0.3 is 6.18 Å². The summed E-state index contributed by atoms with van der Waals surface area (Å²) in [4.78, 5) is 12.2. The topological polar surface area (TPSA) is 49.3 Å². The van der Waals surface area contributed by atoms with E-state index in [-0.39, 0.29) is 12.1 Å². The summed E-state index contributed by atoms with van der Waals surface area (Å²) in [5.74, 6) is -0.556. The Balaban J connectivity index is 1.65. The van der Waals surface area contributed by atoms with Gasteiger partial charge in [-0.25, -0.2) is 0 Å². The van der Waals surface area contributed by atoms with Crippen LogP contribution in [0.15, 0.2) is 78.9 Å². The molecule has 1 amide bonds. The smallest absolute Gasteiger partial charge is 0.384 e. The van der Waals surface area contributed by atoms with E-state index < -0.39 is 23.2 Å². The first-order chi connectivity index (χ1) is 13.7. The summed E-state index contributed by atoms with van der Waals surface area (Å²) in [5.41, 5.74) is 0.600. The molecule has 0 aliphatic carbocycles. The van der Waals surface area contributed by atoms with E-state index in [1.54, 1.807) is 19.1 Å². The van der Waals surface area contributed by atoms with Crippen LogP contribution in [0.2, 0.25) is 0 Å². The Morgan fingerprint density at radius 3 is 1.90 bits per heavy atom. The quantitative estimate of drug-likeness (QED) is 0.634. The average Bonchev–Trinajstić information content (AvgIpc) is 2.72. The Hall–Kier alpha value is -3.12. The maximum atomic E-state index is 12.6. The third-order valence-corrected chi connectivity index (χ3v) is 4.68. The fraction of sp³-hybridized carbons (Fsp3) is 0.174. The molecule has 0 aliphatic heterocycles. The minimum Gasteiger partial charge on any atom is -0.384 e.